The van der Waals surface area contributed by atoms with Crippen LogP contribution in [-0.2, 0) is 16.0 Å². The summed E-state index contributed by atoms with van der Waals surface area (Å²) in [6, 6.07) is 12.6. The molecule has 2 aromatic carbocycles. The molecule has 0 spiro atoms. The van der Waals surface area contributed by atoms with Gasteiger partial charge >= 0.3 is 5.97 Å². The van der Waals surface area contributed by atoms with E-state index in [0.29, 0.717) is 39.3 Å². The maximum Gasteiger partial charge on any atom is 0.341 e. The lowest BCUT2D eigenvalue weighted by Gasteiger charge is -2.09. The quantitative estimate of drug-likeness (QED) is 0.438. The van der Waals surface area contributed by atoms with E-state index < -0.39 is 11.9 Å². The molecule has 9 heteroatoms. The van der Waals surface area contributed by atoms with Crippen molar-refractivity contribution in [1.29, 1.82) is 0 Å². The van der Waals surface area contributed by atoms with Crippen LogP contribution in [0.4, 0.5) is 5.00 Å². The summed E-state index contributed by atoms with van der Waals surface area (Å²) in [6.45, 7) is 3.77. The zero-order valence-electron chi connectivity index (χ0n) is 18.1. The maximum absolute atomic E-state index is 12.7. The molecule has 3 aromatic rings. The first-order valence-electron chi connectivity index (χ1n) is 10.3. The van der Waals surface area contributed by atoms with E-state index in [4.69, 9.17) is 30.5 Å². The number of nitrogens with one attached hydrogen (secondary N) is 1. The number of amides is 1. The molecule has 1 N–H and O–H groups in total. The highest BCUT2D eigenvalue weighted by molar-refractivity contribution is 7.17. The number of benzene rings is 2. The summed E-state index contributed by atoms with van der Waals surface area (Å²) >= 11 is 7.41. The Labute approximate surface area is 200 Å². The number of carbonyl (C=O) groups excluding carboxylic acids is 2. The van der Waals surface area contributed by atoms with E-state index in [1.165, 1.54) is 11.3 Å². The van der Waals surface area contributed by atoms with E-state index in [-0.39, 0.29) is 20.0 Å². The van der Waals surface area contributed by atoms with Crippen molar-refractivity contribution in [3.8, 4) is 17.2 Å². The van der Waals surface area contributed by atoms with Crippen molar-refractivity contribution in [3.63, 3.8) is 0 Å². The number of ether oxygens (including phenoxy) is 4. The Balaban J connectivity index is 1.54. The van der Waals surface area contributed by atoms with Crippen molar-refractivity contribution < 1.29 is 28.5 Å². The van der Waals surface area contributed by atoms with Gasteiger partial charge in [0.2, 0.25) is 6.79 Å². The first-order valence-corrected chi connectivity index (χ1v) is 11.5. The summed E-state index contributed by atoms with van der Waals surface area (Å²) < 4.78 is 21.6. The van der Waals surface area contributed by atoms with Crippen molar-refractivity contribution in [2.45, 2.75) is 20.3 Å². The predicted octanol–water partition coefficient (Wildman–Crippen LogP) is 5.22. The molecule has 0 aliphatic carbocycles. The van der Waals surface area contributed by atoms with E-state index in [2.05, 4.69) is 5.32 Å². The molecule has 1 aliphatic rings. The normalized spacial score (nSPS) is 11.8. The average Bonchev–Trinajstić information content (AvgIpc) is 3.37. The number of carbonyl (C=O) groups is 2. The van der Waals surface area contributed by atoms with Crippen LogP contribution in [0.1, 0.15) is 33.3 Å². The van der Waals surface area contributed by atoms with Gasteiger partial charge in [-0.2, -0.15) is 0 Å². The minimum Gasteiger partial charge on any atom is -0.482 e. The van der Waals surface area contributed by atoms with Crippen LogP contribution in [-0.4, -0.2) is 31.9 Å². The van der Waals surface area contributed by atoms with Gasteiger partial charge in [-0.05, 0) is 49.2 Å². The Kier molecular flexibility index (Phi) is 7.05. The van der Waals surface area contributed by atoms with Crippen LogP contribution in [0.3, 0.4) is 0 Å². The molecule has 0 unspecified atom stereocenters. The van der Waals surface area contributed by atoms with Crippen LogP contribution in [0.5, 0.6) is 17.2 Å². The van der Waals surface area contributed by atoms with E-state index in [0.717, 1.165) is 16.0 Å². The number of halogens is 1. The van der Waals surface area contributed by atoms with Crippen LogP contribution >= 0.6 is 22.9 Å². The number of para-hydroxylation sites is 1. The van der Waals surface area contributed by atoms with Gasteiger partial charge in [0.25, 0.3) is 5.91 Å². The molecule has 172 valence electrons. The first-order chi connectivity index (χ1) is 16.0. The minimum absolute atomic E-state index is 0.205. The highest BCUT2D eigenvalue weighted by Crippen LogP contribution is 2.37. The summed E-state index contributed by atoms with van der Waals surface area (Å²) in [5.41, 5.74) is 2.11. The van der Waals surface area contributed by atoms with E-state index in [9.17, 15) is 9.59 Å². The fraction of sp³-hybridized carbons (Fsp3) is 0.250. The third-order valence-corrected chi connectivity index (χ3v) is 6.49. The smallest absolute Gasteiger partial charge is 0.341 e. The van der Waals surface area contributed by atoms with Crippen LogP contribution in [0.15, 0.2) is 42.5 Å². The third-order valence-electron chi connectivity index (χ3n) is 4.98. The Morgan fingerprint density at radius 1 is 1.15 bits per heavy atom. The zero-order valence-corrected chi connectivity index (χ0v) is 19.7. The van der Waals surface area contributed by atoms with Gasteiger partial charge in [-0.25, -0.2) is 4.79 Å². The van der Waals surface area contributed by atoms with Gasteiger partial charge in [-0.3, -0.25) is 4.79 Å². The Morgan fingerprint density at radius 2 is 1.94 bits per heavy atom. The van der Waals surface area contributed by atoms with Gasteiger partial charge in [-0.15, -0.1) is 11.3 Å². The lowest BCUT2D eigenvalue weighted by molar-refractivity contribution is -0.118. The molecule has 33 heavy (non-hydrogen) atoms. The molecule has 0 radical (unpaired) electrons. The number of thiophene rings is 1. The summed E-state index contributed by atoms with van der Waals surface area (Å²) in [7, 11) is 0. The van der Waals surface area contributed by atoms with Gasteiger partial charge in [0.1, 0.15) is 10.8 Å². The van der Waals surface area contributed by atoms with Gasteiger partial charge in [0.15, 0.2) is 18.1 Å². The number of fused-ring (bicyclic) bond motifs is 1. The number of anilines is 1. The highest BCUT2D eigenvalue weighted by atomic mass is 35.5. The topological polar surface area (TPSA) is 83.1 Å². The van der Waals surface area contributed by atoms with E-state index in [1.807, 2.05) is 25.1 Å². The number of hydrogen-bond acceptors (Lipinski definition) is 7. The van der Waals surface area contributed by atoms with E-state index in [1.54, 1.807) is 31.2 Å². The standard InChI is InChI=1S/C24H22ClNO6S/c1-3-29-24(28)22-14(2)20(11-15-8-9-18-19(10-15)32-13-31-18)33-23(22)26-21(27)12-30-17-7-5-4-6-16(17)25/h4-10H,3,11-13H2,1-2H3,(H,26,27). The first kappa shape index (κ1) is 22.9. The number of esters is 1. The predicted molar refractivity (Wildman–Crippen MR) is 126 cm³/mol. The van der Waals surface area contributed by atoms with Crippen molar-refractivity contribution in [1.82, 2.24) is 0 Å². The molecule has 1 amide bonds. The molecular formula is C24H22ClNO6S. The monoisotopic (exact) mass is 487 g/mol. The van der Waals surface area contributed by atoms with E-state index >= 15 is 0 Å². The SMILES string of the molecule is CCOC(=O)c1c(NC(=O)COc2ccccc2Cl)sc(Cc2ccc3c(c2)OCO3)c1C. The molecule has 4 rings (SSSR count). The molecular weight excluding hydrogens is 466 g/mol. The van der Waals surface area contributed by atoms with Gasteiger partial charge in [0, 0.05) is 11.3 Å². The minimum atomic E-state index is -0.481. The van der Waals surface area contributed by atoms with Gasteiger partial charge in [-0.1, -0.05) is 29.8 Å². The largest absolute Gasteiger partial charge is 0.482 e. The second-order valence-electron chi connectivity index (χ2n) is 7.21. The lowest BCUT2D eigenvalue weighted by Crippen LogP contribution is -2.21. The zero-order chi connectivity index (χ0) is 23.4. The van der Waals surface area contributed by atoms with Crippen molar-refractivity contribution in [3.05, 3.63) is 69.1 Å². The van der Waals surface area contributed by atoms with Gasteiger partial charge < -0.3 is 24.3 Å². The Bertz CT molecular complexity index is 1190. The molecule has 0 saturated heterocycles. The van der Waals surface area contributed by atoms with Crippen LogP contribution < -0.4 is 19.5 Å². The van der Waals surface area contributed by atoms with Crippen molar-refractivity contribution in [2.75, 3.05) is 25.3 Å². The summed E-state index contributed by atoms with van der Waals surface area (Å²) in [5.74, 6) is 0.922. The Hall–Kier alpha value is -3.23. The number of hydrogen-bond donors (Lipinski definition) is 1. The summed E-state index contributed by atoms with van der Waals surface area (Å²) in [6.07, 6.45) is 0.561. The molecule has 2 heterocycles. The second kappa shape index (κ2) is 10.1. The highest BCUT2D eigenvalue weighted by Gasteiger charge is 2.24. The Morgan fingerprint density at radius 3 is 2.73 bits per heavy atom. The average molecular weight is 488 g/mol. The summed E-state index contributed by atoms with van der Waals surface area (Å²) in [4.78, 5) is 26.2. The van der Waals surface area contributed by atoms with Crippen LogP contribution in [0.25, 0.3) is 0 Å². The van der Waals surface area contributed by atoms with Crippen LogP contribution in [0.2, 0.25) is 5.02 Å². The molecule has 7 nitrogen and oxygen atoms in total. The van der Waals surface area contributed by atoms with Crippen molar-refractivity contribution >= 4 is 39.8 Å². The molecule has 0 fully saturated rings. The molecule has 0 atom stereocenters. The number of rotatable bonds is 8. The molecule has 0 bridgehead atoms. The molecule has 1 aliphatic heterocycles. The third kappa shape index (κ3) is 5.23. The maximum atomic E-state index is 12.7. The molecule has 1 aromatic heterocycles. The summed E-state index contributed by atoms with van der Waals surface area (Å²) in [5, 5.41) is 3.63. The van der Waals surface area contributed by atoms with Crippen LogP contribution in [0, 0.1) is 6.92 Å². The second-order valence-corrected chi connectivity index (χ2v) is 8.72. The lowest BCUT2D eigenvalue weighted by atomic mass is 10.1. The van der Waals surface area contributed by atoms with Crippen molar-refractivity contribution in [2.24, 2.45) is 0 Å². The fourth-order valence-corrected chi connectivity index (χ4v) is 4.80. The fourth-order valence-electron chi connectivity index (χ4n) is 3.37. The van der Waals surface area contributed by atoms with Gasteiger partial charge in [0.05, 0.1) is 17.2 Å². The molecule has 0 saturated carbocycles.